The first-order valence-corrected chi connectivity index (χ1v) is 6.71. The average Bonchev–Trinajstić information content (AvgIpc) is 2.38. The van der Waals surface area contributed by atoms with Crippen molar-refractivity contribution in [2.24, 2.45) is 0 Å². The lowest BCUT2D eigenvalue weighted by Gasteiger charge is -2.14. The van der Waals surface area contributed by atoms with Crippen LogP contribution in [0.1, 0.15) is 24.2 Å². The zero-order valence-electron chi connectivity index (χ0n) is 10.4. The van der Waals surface area contributed by atoms with Gasteiger partial charge >= 0.3 is 0 Å². The Bertz CT molecular complexity index is 570. The highest BCUT2D eigenvalue weighted by molar-refractivity contribution is 9.10. The third-order valence-electron chi connectivity index (χ3n) is 2.76. The molecule has 0 heterocycles. The van der Waals surface area contributed by atoms with E-state index in [0.29, 0.717) is 17.9 Å². The molecule has 0 aliphatic rings. The van der Waals surface area contributed by atoms with Crippen molar-refractivity contribution in [2.45, 2.75) is 19.6 Å². The summed E-state index contributed by atoms with van der Waals surface area (Å²) in [5, 5.41) is 9.62. The Hall–Kier alpha value is -1.39. The number of aliphatic hydroxyl groups excluding tert-OH is 1. The van der Waals surface area contributed by atoms with Crippen LogP contribution in [0.2, 0.25) is 0 Å². The first kappa shape index (κ1) is 14.0. The molecule has 0 fully saturated rings. The maximum Gasteiger partial charge on any atom is 0.125 e. The number of rotatable bonds is 4. The zero-order chi connectivity index (χ0) is 13.8. The van der Waals surface area contributed by atoms with Crippen LogP contribution in [0, 0.1) is 5.82 Å². The molecular weight excluding hydrogens is 311 g/mol. The van der Waals surface area contributed by atoms with E-state index in [2.05, 4.69) is 15.9 Å². The molecule has 2 aromatic rings. The second kappa shape index (κ2) is 6.17. The highest BCUT2D eigenvalue weighted by atomic mass is 79.9. The lowest BCUT2D eigenvalue weighted by molar-refractivity contribution is 0.189. The van der Waals surface area contributed by atoms with Crippen LogP contribution in [0.15, 0.2) is 46.9 Å². The Balaban J connectivity index is 2.18. The van der Waals surface area contributed by atoms with Crippen molar-refractivity contribution in [3.63, 3.8) is 0 Å². The molecule has 0 aliphatic carbocycles. The molecule has 4 heteroatoms. The number of halogens is 2. The first-order valence-electron chi connectivity index (χ1n) is 5.91. The number of aliphatic hydroxyl groups is 1. The summed E-state index contributed by atoms with van der Waals surface area (Å²) in [5.41, 5.74) is 1.44. The molecule has 0 amide bonds. The number of hydrogen-bond acceptors (Lipinski definition) is 2. The van der Waals surface area contributed by atoms with E-state index in [-0.39, 0.29) is 5.82 Å². The molecule has 0 aliphatic heterocycles. The van der Waals surface area contributed by atoms with Gasteiger partial charge in [0.05, 0.1) is 6.10 Å². The molecular formula is C15H14BrFO2. The van der Waals surface area contributed by atoms with E-state index >= 15 is 0 Å². The monoisotopic (exact) mass is 324 g/mol. The maximum atomic E-state index is 13.2. The normalized spacial score (nSPS) is 12.2. The summed E-state index contributed by atoms with van der Waals surface area (Å²) in [6.07, 6.45) is -0.773. The number of hydrogen-bond donors (Lipinski definition) is 1. The molecule has 0 saturated heterocycles. The van der Waals surface area contributed by atoms with Gasteiger partial charge in [-0.15, -0.1) is 0 Å². The van der Waals surface area contributed by atoms with Crippen LogP contribution >= 0.6 is 15.9 Å². The fourth-order valence-corrected chi connectivity index (χ4v) is 2.15. The van der Waals surface area contributed by atoms with Gasteiger partial charge in [-0.25, -0.2) is 4.39 Å². The highest BCUT2D eigenvalue weighted by Gasteiger charge is 2.11. The summed E-state index contributed by atoms with van der Waals surface area (Å²) in [7, 11) is 0. The Labute approximate surface area is 120 Å². The van der Waals surface area contributed by atoms with E-state index < -0.39 is 6.10 Å². The van der Waals surface area contributed by atoms with E-state index in [4.69, 9.17) is 4.74 Å². The van der Waals surface area contributed by atoms with Crippen molar-refractivity contribution in [3.05, 3.63) is 63.9 Å². The van der Waals surface area contributed by atoms with Gasteiger partial charge in [0, 0.05) is 15.6 Å². The summed E-state index contributed by atoms with van der Waals surface area (Å²) in [6.45, 7) is 1.94. The predicted molar refractivity (Wildman–Crippen MR) is 75.5 cm³/mol. The molecule has 1 atom stereocenters. The Kier molecular flexibility index (Phi) is 4.56. The lowest BCUT2D eigenvalue weighted by atomic mass is 10.1. The van der Waals surface area contributed by atoms with Gasteiger partial charge < -0.3 is 9.84 Å². The van der Waals surface area contributed by atoms with Gasteiger partial charge in [0.2, 0.25) is 0 Å². The van der Waals surface area contributed by atoms with Gasteiger partial charge in [0.15, 0.2) is 0 Å². The molecule has 0 spiro atoms. The van der Waals surface area contributed by atoms with Crippen molar-refractivity contribution in [1.29, 1.82) is 0 Å². The molecule has 1 N–H and O–H groups in total. The van der Waals surface area contributed by atoms with Gasteiger partial charge in [0.25, 0.3) is 0 Å². The second-order valence-electron chi connectivity index (χ2n) is 4.24. The van der Waals surface area contributed by atoms with Crippen molar-refractivity contribution in [1.82, 2.24) is 0 Å². The summed E-state index contributed by atoms with van der Waals surface area (Å²) >= 11 is 3.44. The van der Waals surface area contributed by atoms with Gasteiger partial charge in [-0.1, -0.05) is 34.1 Å². The fourth-order valence-electron chi connectivity index (χ4n) is 1.75. The van der Waals surface area contributed by atoms with Crippen molar-refractivity contribution in [3.8, 4) is 5.75 Å². The van der Waals surface area contributed by atoms with Gasteiger partial charge in [-0.2, -0.15) is 0 Å². The second-order valence-corrected chi connectivity index (χ2v) is 5.09. The third kappa shape index (κ3) is 3.55. The molecule has 100 valence electrons. The van der Waals surface area contributed by atoms with Gasteiger partial charge in [-0.05, 0) is 31.2 Å². The van der Waals surface area contributed by atoms with E-state index in [1.807, 2.05) is 24.3 Å². The minimum Gasteiger partial charge on any atom is -0.488 e. The smallest absolute Gasteiger partial charge is 0.125 e. The maximum absolute atomic E-state index is 13.2. The fraction of sp³-hybridized carbons (Fsp3) is 0.200. The summed E-state index contributed by atoms with van der Waals surface area (Å²) in [4.78, 5) is 0. The van der Waals surface area contributed by atoms with Crippen LogP contribution in [0.25, 0.3) is 0 Å². The summed E-state index contributed by atoms with van der Waals surface area (Å²) in [6, 6.07) is 11.9. The Morgan fingerprint density at radius 2 is 2.00 bits per heavy atom. The van der Waals surface area contributed by atoms with Crippen LogP contribution < -0.4 is 4.74 Å². The van der Waals surface area contributed by atoms with E-state index in [1.54, 1.807) is 6.92 Å². The molecule has 0 aromatic heterocycles. The van der Waals surface area contributed by atoms with E-state index in [0.717, 1.165) is 10.0 Å². The summed E-state index contributed by atoms with van der Waals surface area (Å²) < 4.78 is 19.8. The molecule has 19 heavy (non-hydrogen) atoms. The molecule has 2 nitrogen and oxygen atoms in total. The Morgan fingerprint density at radius 1 is 1.26 bits per heavy atom. The highest BCUT2D eigenvalue weighted by Crippen LogP contribution is 2.27. The molecule has 2 aromatic carbocycles. The summed E-state index contributed by atoms with van der Waals surface area (Å²) in [5.74, 6) is 0.108. The first-order chi connectivity index (χ1) is 9.08. The Morgan fingerprint density at radius 3 is 2.68 bits per heavy atom. The lowest BCUT2D eigenvalue weighted by Crippen LogP contribution is -2.02. The minimum absolute atomic E-state index is 0.354. The average molecular weight is 325 g/mol. The van der Waals surface area contributed by atoms with Crippen LogP contribution in [0.3, 0.4) is 0 Å². The molecule has 0 radical (unpaired) electrons. The SMILES string of the molecule is C[C@@H](O)c1cc(F)ccc1OCc1ccccc1Br. The van der Waals surface area contributed by atoms with Gasteiger partial charge in [-0.3, -0.25) is 0 Å². The largest absolute Gasteiger partial charge is 0.488 e. The van der Waals surface area contributed by atoms with E-state index in [1.165, 1.54) is 18.2 Å². The quantitative estimate of drug-likeness (QED) is 0.912. The van der Waals surface area contributed by atoms with Gasteiger partial charge in [0.1, 0.15) is 18.2 Å². The topological polar surface area (TPSA) is 29.5 Å². The molecule has 0 unspecified atom stereocenters. The van der Waals surface area contributed by atoms with Crippen molar-refractivity contribution >= 4 is 15.9 Å². The molecule has 0 bridgehead atoms. The van der Waals surface area contributed by atoms with Crippen LogP contribution in [0.5, 0.6) is 5.75 Å². The molecule has 2 rings (SSSR count). The van der Waals surface area contributed by atoms with Crippen LogP contribution in [-0.2, 0) is 6.61 Å². The van der Waals surface area contributed by atoms with Crippen molar-refractivity contribution < 1.29 is 14.2 Å². The van der Waals surface area contributed by atoms with E-state index in [9.17, 15) is 9.50 Å². The zero-order valence-corrected chi connectivity index (χ0v) is 12.0. The number of ether oxygens (including phenoxy) is 1. The minimum atomic E-state index is -0.773. The van der Waals surface area contributed by atoms with Crippen LogP contribution in [-0.4, -0.2) is 5.11 Å². The standard InChI is InChI=1S/C15H14BrFO2/c1-10(18)13-8-12(17)6-7-15(13)19-9-11-4-2-3-5-14(11)16/h2-8,10,18H,9H2,1H3/t10-/m1/s1. The number of benzene rings is 2. The molecule has 0 saturated carbocycles. The predicted octanol–water partition coefficient (Wildman–Crippen LogP) is 4.22. The van der Waals surface area contributed by atoms with Crippen molar-refractivity contribution in [2.75, 3.05) is 0 Å². The third-order valence-corrected chi connectivity index (χ3v) is 3.54. The van der Waals surface area contributed by atoms with Crippen LogP contribution in [0.4, 0.5) is 4.39 Å².